The number of hydrogen-bond acceptors (Lipinski definition) is 1. The van der Waals surface area contributed by atoms with Gasteiger partial charge < -0.3 is 0 Å². The van der Waals surface area contributed by atoms with Gasteiger partial charge in [-0.25, -0.2) is 0 Å². The molecule has 0 saturated heterocycles. The summed E-state index contributed by atoms with van der Waals surface area (Å²) in [5.74, 6) is -0.810. The first-order chi connectivity index (χ1) is 14.4. The van der Waals surface area contributed by atoms with Crippen LogP contribution in [0.2, 0.25) is 0 Å². The second-order valence-electron chi connectivity index (χ2n) is 11.9. The average molecular weight is 577 g/mol. The summed E-state index contributed by atoms with van der Waals surface area (Å²) in [5, 5.41) is 0. The minimum Gasteiger partial charge on any atom is -0.147 e. The summed E-state index contributed by atoms with van der Waals surface area (Å²) in [6, 6.07) is 7.06. The van der Waals surface area contributed by atoms with Gasteiger partial charge >= 0.3 is 190 Å². The van der Waals surface area contributed by atoms with Crippen LogP contribution in [0.4, 0.5) is 15.5 Å². The van der Waals surface area contributed by atoms with Crippen LogP contribution >= 0.6 is 24.8 Å². The molecule has 198 valence electrons. The zero-order valence-corrected chi connectivity index (χ0v) is 24.3. The van der Waals surface area contributed by atoms with Gasteiger partial charge in [-0.3, -0.25) is 0 Å². The summed E-state index contributed by atoms with van der Waals surface area (Å²) >= 11 is -13.1. The van der Waals surface area contributed by atoms with Crippen molar-refractivity contribution in [2.75, 3.05) is 0 Å². The molecule has 0 saturated carbocycles. The van der Waals surface area contributed by atoms with E-state index in [1.165, 1.54) is 18.2 Å². The molecule has 0 N–H and O–H groups in total. The van der Waals surface area contributed by atoms with E-state index in [0.717, 1.165) is 24.3 Å². The van der Waals surface area contributed by atoms with E-state index in [0.29, 0.717) is 23.8 Å². The van der Waals surface area contributed by atoms with E-state index < -0.39 is 45.3 Å². The number of halogens is 7. The topological polar surface area (TPSA) is 9.23 Å². The molecule has 0 heterocycles. The summed E-state index contributed by atoms with van der Waals surface area (Å²) < 4.78 is 86.1. The summed E-state index contributed by atoms with van der Waals surface area (Å²) in [7, 11) is 0. The summed E-state index contributed by atoms with van der Waals surface area (Å²) in [4.78, 5) is 0. The quantitative estimate of drug-likeness (QED) is 0.260. The Morgan fingerprint density at radius 3 is 1.60 bits per heavy atom. The van der Waals surface area contributed by atoms with Gasteiger partial charge in [0.2, 0.25) is 0 Å². The Labute approximate surface area is 214 Å². The van der Waals surface area contributed by atoms with Crippen LogP contribution in [0.25, 0.3) is 0 Å². The second kappa shape index (κ2) is 6.95. The van der Waals surface area contributed by atoms with Crippen molar-refractivity contribution in [1.29, 1.82) is 0 Å². The Kier molecular flexibility index (Phi) is 6.29. The molecule has 0 amide bonds. The van der Waals surface area contributed by atoms with Gasteiger partial charge in [0, 0.05) is 0 Å². The maximum Gasteiger partial charge on any atom is -0.147 e. The smallest absolute Gasteiger partial charge is 0.147 e. The molecule has 3 rings (SSSR count). The molecule has 0 bridgehead atoms. The second-order valence-corrected chi connectivity index (χ2v) is 21.5. The number of benzene rings is 2. The van der Waals surface area contributed by atoms with Crippen molar-refractivity contribution in [3.05, 3.63) is 81.3 Å². The third-order valence-corrected chi connectivity index (χ3v) is 14.2. The minimum absolute atomic E-state index is 0. The molecule has 9 heteroatoms. The zero-order chi connectivity index (χ0) is 25.3. The average Bonchev–Trinajstić information content (AvgIpc) is 3.18. The van der Waals surface area contributed by atoms with Crippen molar-refractivity contribution in [2.45, 2.75) is 65.7 Å². The van der Waals surface area contributed by atoms with Crippen molar-refractivity contribution in [3.63, 3.8) is 0 Å². The van der Waals surface area contributed by atoms with Gasteiger partial charge in [-0.15, -0.1) is 24.8 Å². The van der Waals surface area contributed by atoms with Crippen molar-refractivity contribution >= 4 is 28.7 Å². The minimum atomic E-state index is -13.1. The summed E-state index contributed by atoms with van der Waals surface area (Å²) in [5.41, 5.74) is -0.936. The molecular formula is C26H35Cl2F5OTi. The third kappa shape index (κ3) is 4.96. The van der Waals surface area contributed by atoms with Crippen molar-refractivity contribution < 1.29 is 33.3 Å². The van der Waals surface area contributed by atoms with Crippen molar-refractivity contribution in [1.82, 2.24) is 0 Å². The first kappa shape index (κ1) is 31.7. The van der Waals surface area contributed by atoms with Gasteiger partial charge in [0.1, 0.15) is 0 Å². The molecule has 0 spiro atoms. The van der Waals surface area contributed by atoms with E-state index in [9.17, 15) is 0 Å². The largest absolute Gasteiger partial charge is 0.147 e. The Morgan fingerprint density at radius 2 is 1.23 bits per heavy atom. The van der Waals surface area contributed by atoms with Crippen LogP contribution in [-0.4, -0.2) is 0 Å². The fraction of sp³-hybridized carbons (Fsp3) is 0.385. The van der Waals surface area contributed by atoms with Crippen LogP contribution in [0, 0.1) is 6.92 Å². The number of hydrogen-bond donors (Lipinski definition) is 0. The molecular weight excluding hydrogens is 542 g/mol. The van der Waals surface area contributed by atoms with E-state index in [1.54, 1.807) is 48.5 Å². The van der Waals surface area contributed by atoms with Crippen LogP contribution in [0.3, 0.4) is 0 Å². The molecule has 0 atom stereocenters. The molecule has 1 aliphatic carbocycles. The van der Waals surface area contributed by atoms with E-state index in [1.807, 2.05) is 0 Å². The van der Waals surface area contributed by atoms with Crippen molar-refractivity contribution in [2.24, 2.45) is 0 Å². The van der Waals surface area contributed by atoms with E-state index in [4.69, 9.17) is 3.32 Å². The molecule has 2 aromatic carbocycles. The maximum atomic E-state index is 17.1. The molecule has 1 aliphatic rings. The summed E-state index contributed by atoms with van der Waals surface area (Å²) in [6.45, 7) is 11.9. The monoisotopic (exact) mass is 576 g/mol. The van der Waals surface area contributed by atoms with Crippen LogP contribution < -0.4 is 7.19 Å². The van der Waals surface area contributed by atoms with Gasteiger partial charge in [-0.1, -0.05) is 0 Å². The first-order valence-corrected chi connectivity index (χ1v) is 16.3. The van der Waals surface area contributed by atoms with Crippen LogP contribution in [-0.2, 0) is 25.4 Å². The molecule has 35 heavy (non-hydrogen) atoms. The summed E-state index contributed by atoms with van der Waals surface area (Å²) in [6.07, 6.45) is 1.57. The van der Waals surface area contributed by atoms with Crippen LogP contribution in [0.1, 0.15) is 64.7 Å². The first-order valence-electron chi connectivity index (χ1n) is 11.1. The maximum absolute atomic E-state index is 17.1. The fourth-order valence-electron chi connectivity index (χ4n) is 4.47. The zero-order valence-electron chi connectivity index (χ0n) is 21.1. The van der Waals surface area contributed by atoms with Gasteiger partial charge in [-0.2, -0.15) is 0 Å². The molecule has 2 aromatic rings. The predicted molar refractivity (Wildman–Crippen MR) is 137 cm³/mol. The molecule has 0 unspecified atom stereocenters. The van der Waals surface area contributed by atoms with Gasteiger partial charge in [0.05, 0.1) is 0 Å². The number of aryl methyl sites for hydroxylation is 1. The molecule has 0 aromatic heterocycles. The SMILES string of the molecule is Cc1cc(C(C)(C)C)c([O][Ti]([F])([F])([F])([F])([F])([C]2=CC=CC2)[c]2ccccc2)c(C(C)(C)C)c1.Cl.Cl. The molecule has 0 aliphatic heterocycles. The van der Waals surface area contributed by atoms with Crippen molar-refractivity contribution in [3.8, 4) is 5.75 Å². The van der Waals surface area contributed by atoms with E-state index in [2.05, 4.69) is 0 Å². The molecule has 0 radical (unpaired) electrons. The Morgan fingerprint density at radius 1 is 0.771 bits per heavy atom. The predicted octanol–water partition coefficient (Wildman–Crippen LogP) is 9.62. The number of allylic oxidation sites excluding steroid dienone is 4. The third-order valence-electron chi connectivity index (χ3n) is 6.50. The van der Waals surface area contributed by atoms with Crippen LogP contribution in [0.5, 0.6) is 5.75 Å². The van der Waals surface area contributed by atoms with Gasteiger partial charge in [0.15, 0.2) is 0 Å². The Hall–Kier alpha value is -1.34. The standard InChI is InChI=1S/C15H24O.C6H5.C5H5.2ClH.5FH.Ti/c1-10-8-11(14(2,3)4)13(16)12(9-10)15(5,6)7;1-2-4-6-5-3-1;1-2-4-5-3-1;;;;;;;;/h8-9,16H,1-7H3;1-5H;1-3H,4H2;7*1H;/q;;;;;;;;;;+6/p-6. The Bertz CT molecular complexity index is 1220. The Balaban J connectivity index is 0.00000306. The van der Waals surface area contributed by atoms with Gasteiger partial charge in [-0.05, 0) is 0 Å². The molecule has 0 fully saturated rings. The van der Waals surface area contributed by atoms with Crippen LogP contribution in [0.15, 0.2) is 64.6 Å². The van der Waals surface area contributed by atoms with E-state index in [-0.39, 0.29) is 35.9 Å². The normalized spacial score (nSPS) is 18.6. The molecule has 1 nitrogen and oxygen atoms in total. The van der Waals surface area contributed by atoms with E-state index >= 15 is 15.5 Å². The fourth-order valence-corrected chi connectivity index (χ4v) is 10.4. The van der Waals surface area contributed by atoms with Gasteiger partial charge in [0.25, 0.3) is 0 Å². The number of rotatable bonds is 4.